The van der Waals surface area contributed by atoms with Crippen LogP contribution < -0.4 is 5.73 Å². The van der Waals surface area contributed by atoms with E-state index < -0.39 is 6.43 Å². The average Bonchev–Trinajstić information content (AvgIpc) is 3.10. The number of halogens is 3. The van der Waals surface area contributed by atoms with Crippen LogP contribution in [0.25, 0.3) is 5.69 Å². The highest BCUT2D eigenvalue weighted by molar-refractivity contribution is 6.31. The van der Waals surface area contributed by atoms with Crippen molar-refractivity contribution in [2.75, 3.05) is 5.73 Å². The lowest BCUT2D eigenvalue weighted by molar-refractivity contribution is 0.151. The summed E-state index contributed by atoms with van der Waals surface area (Å²) in [7, 11) is 0. The van der Waals surface area contributed by atoms with Gasteiger partial charge >= 0.3 is 0 Å². The van der Waals surface area contributed by atoms with E-state index in [1.807, 2.05) is 0 Å². The van der Waals surface area contributed by atoms with Crippen molar-refractivity contribution >= 4 is 17.5 Å². The fourth-order valence-electron chi connectivity index (χ4n) is 1.99. The molecule has 0 aliphatic rings. The number of rotatable bonds is 4. The van der Waals surface area contributed by atoms with Gasteiger partial charge in [0.05, 0.1) is 18.4 Å². The number of imidazole rings is 1. The fraction of sp³-hybridized carbons (Fsp3) is 0.154. The third-order valence-corrected chi connectivity index (χ3v) is 3.44. The third-order valence-electron chi connectivity index (χ3n) is 3.10. The van der Waals surface area contributed by atoms with Crippen LogP contribution in [0.1, 0.15) is 17.7 Å². The van der Waals surface area contributed by atoms with Gasteiger partial charge in [0, 0.05) is 23.0 Å². The molecule has 0 fully saturated rings. The average molecular weight is 325 g/mol. The highest BCUT2D eigenvalue weighted by Crippen LogP contribution is 2.28. The second-order valence-corrected chi connectivity index (χ2v) is 4.98. The molecule has 0 saturated heterocycles. The molecule has 3 aromatic rings. The summed E-state index contributed by atoms with van der Waals surface area (Å²) >= 11 is 5.75. The number of alkyl halides is 2. The van der Waals surface area contributed by atoms with E-state index in [9.17, 15) is 8.78 Å². The highest BCUT2D eigenvalue weighted by Gasteiger charge is 2.14. The number of hydrogen-bond acceptors (Lipinski definition) is 4. The summed E-state index contributed by atoms with van der Waals surface area (Å²) < 4.78 is 28.8. The molecule has 9 heteroatoms. The normalized spacial score (nSPS) is 11.3. The molecule has 0 bridgehead atoms. The summed E-state index contributed by atoms with van der Waals surface area (Å²) in [6.07, 6.45) is 2.28. The Kier molecular flexibility index (Phi) is 3.76. The lowest BCUT2D eigenvalue weighted by Gasteiger charge is -2.06. The maximum Gasteiger partial charge on any atom is 0.265 e. The molecule has 22 heavy (non-hydrogen) atoms. The molecule has 0 atom stereocenters. The summed E-state index contributed by atoms with van der Waals surface area (Å²) in [5.41, 5.74) is 6.51. The van der Waals surface area contributed by atoms with E-state index in [0.717, 1.165) is 0 Å². The van der Waals surface area contributed by atoms with Crippen LogP contribution in [0.5, 0.6) is 0 Å². The number of aromatic nitrogens is 5. The van der Waals surface area contributed by atoms with Crippen molar-refractivity contribution in [3.05, 3.63) is 53.1 Å². The molecule has 0 unspecified atom stereocenters. The Morgan fingerprint density at radius 1 is 1.32 bits per heavy atom. The predicted octanol–water partition coefficient (Wildman–Crippen LogP) is 2.69. The molecule has 0 aliphatic heterocycles. The second kappa shape index (κ2) is 5.72. The Morgan fingerprint density at radius 3 is 2.82 bits per heavy atom. The van der Waals surface area contributed by atoms with E-state index in [1.165, 1.54) is 16.8 Å². The Labute approximate surface area is 129 Å². The Hall–Kier alpha value is -2.48. The fourth-order valence-corrected chi connectivity index (χ4v) is 2.19. The summed E-state index contributed by atoms with van der Waals surface area (Å²) in [5.74, 6) is 0.362. The molecule has 0 saturated carbocycles. The van der Waals surface area contributed by atoms with Crippen LogP contribution in [0.4, 0.5) is 14.7 Å². The number of anilines is 1. The number of hydrogen-bond donors (Lipinski definition) is 1. The first kappa shape index (κ1) is 14.5. The van der Waals surface area contributed by atoms with Crippen LogP contribution in [-0.4, -0.2) is 24.5 Å². The molecule has 6 nitrogen and oxygen atoms in total. The van der Waals surface area contributed by atoms with Gasteiger partial charge < -0.3 is 10.3 Å². The van der Waals surface area contributed by atoms with Crippen molar-refractivity contribution in [1.29, 1.82) is 0 Å². The molecule has 2 N–H and O–H groups in total. The van der Waals surface area contributed by atoms with Crippen molar-refractivity contribution in [2.24, 2.45) is 0 Å². The molecule has 0 radical (unpaired) electrons. The molecule has 2 aromatic heterocycles. The van der Waals surface area contributed by atoms with Crippen LogP contribution in [0.15, 0.2) is 36.8 Å². The Balaban J connectivity index is 1.88. The number of nitrogens with two attached hydrogens (primary N) is 1. The molecule has 2 heterocycles. The highest BCUT2D eigenvalue weighted by atomic mass is 35.5. The number of benzene rings is 1. The maximum absolute atomic E-state index is 12.9. The zero-order chi connectivity index (χ0) is 15.7. The molecule has 1 aromatic carbocycles. The lowest BCUT2D eigenvalue weighted by atomic mass is 10.2. The van der Waals surface area contributed by atoms with Gasteiger partial charge in [0.1, 0.15) is 5.69 Å². The summed E-state index contributed by atoms with van der Waals surface area (Å²) in [4.78, 5) is 3.91. The molecule has 0 aliphatic carbocycles. The molecular weight excluding hydrogens is 314 g/mol. The summed E-state index contributed by atoms with van der Waals surface area (Å²) in [6.45, 7) is 0.390. The van der Waals surface area contributed by atoms with Gasteiger partial charge in [-0.1, -0.05) is 16.8 Å². The van der Waals surface area contributed by atoms with Gasteiger partial charge in [0.25, 0.3) is 6.43 Å². The quantitative estimate of drug-likeness (QED) is 0.800. The van der Waals surface area contributed by atoms with Gasteiger partial charge in [-0.25, -0.2) is 18.4 Å². The van der Waals surface area contributed by atoms with Gasteiger partial charge in [0.15, 0.2) is 5.95 Å². The molecule has 0 spiro atoms. The van der Waals surface area contributed by atoms with E-state index in [1.54, 1.807) is 29.2 Å². The van der Waals surface area contributed by atoms with Crippen molar-refractivity contribution < 1.29 is 8.78 Å². The smallest absolute Gasteiger partial charge is 0.265 e. The molecule has 114 valence electrons. The van der Waals surface area contributed by atoms with Gasteiger partial charge in [-0.2, -0.15) is 0 Å². The topological polar surface area (TPSA) is 74.5 Å². The van der Waals surface area contributed by atoms with Crippen molar-refractivity contribution in [1.82, 2.24) is 24.5 Å². The molecule has 3 rings (SSSR count). The van der Waals surface area contributed by atoms with Gasteiger partial charge in [-0.15, -0.1) is 5.10 Å². The lowest BCUT2D eigenvalue weighted by Crippen LogP contribution is -2.03. The monoisotopic (exact) mass is 324 g/mol. The third kappa shape index (κ3) is 2.77. The van der Waals surface area contributed by atoms with Gasteiger partial charge in [-0.3, -0.25) is 0 Å². The summed E-state index contributed by atoms with van der Waals surface area (Å²) in [6, 6.07) is 4.29. The van der Waals surface area contributed by atoms with Crippen LogP contribution in [0, 0.1) is 0 Å². The van der Waals surface area contributed by atoms with E-state index in [2.05, 4.69) is 15.3 Å². The first-order valence-corrected chi connectivity index (χ1v) is 6.68. The van der Waals surface area contributed by atoms with E-state index in [4.69, 9.17) is 17.3 Å². The van der Waals surface area contributed by atoms with Crippen LogP contribution in [0.3, 0.4) is 0 Å². The van der Waals surface area contributed by atoms with E-state index in [-0.39, 0.29) is 10.6 Å². The standard InChI is InChI=1S/C13H11ClF2N6/c14-11-2-1-9(5-10(11)12(15)16)22-7-8(19-20-22)6-21-4-3-18-13(21)17/h1-5,7,12H,6H2,(H2,17,18). The minimum absolute atomic E-state index is 0.0188. The van der Waals surface area contributed by atoms with E-state index >= 15 is 0 Å². The summed E-state index contributed by atoms with van der Waals surface area (Å²) in [5, 5.41) is 7.94. The van der Waals surface area contributed by atoms with Crippen LogP contribution in [-0.2, 0) is 6.54 Å². The minimum atomic E-state index is -2.65. The Morgan fingerprint density at radius 2 is 2.14 bits per heavy atom. The van der Waals surface area contributed by atoms with Crippen molar-refractivity contribution in [3.8, 4) is 5.69 Å². The predicted molar refractivity (Wildman–Crippen MR) is 77.1 cm³/mol. The molecular formula is C13H11ClF2N6. The number of nitrogens with zero attached hydrogens (tertiary/aromatic N) is 5. The number of nitrogen functional groups attached to an aromatic ring is 1. The maximum atomic E-state index is 12.9. The van der Waals surface area contributed by atoms with Crippen molar-refractivity contribution in [2.45, 2.75) is 13.0 Å². The SMILES string of the molecule is Nc1nccn1Cc1cn(-c2ccc(Cl)c(C(F)F)c2)nn1. The molecule has 0 amide bonds. The first-order chi connectivity index (χ1) is 10.5. The zero-order valence-corrected chi connectivity index (χ0v) is 12.0. The van der Waals surface area contributed by atoms with E-state index in [0.29, 0.717) is 23.9 Å². The van der Waals surface area contributed by atoms with Crippen LogP contribution in [0.2, 0.25) is 5.02 Å². The van der Waals surface area contributed by atoms with Crippen molar-refractivity contribution in [3.63, 3.8) is 0 Å². The minimum Gasteiger partial charge on any atom is -0.369 e. The van der Waals surface area contributed by atoms with Gasteiger partial charge in [-0.05, 0) is 18.2 Å². The largest absolute Gasteiger partial charge is 0.369 e. The Bertz CT molecular complexity index is 797. The zero-order valence-electron chi connectivity index (χ0n) is 11.2. The van der Waals surface area contributed by atoms with Crippen LogP contribution >= 0.6 is 11.6 Å². The van der Waals surface area contributed by atoms with Gasteiger partial charge in [0.2, 0.25) is 0 Å². The first-order valence-electron chi connectivity index (χ1n) is 6.30. The second-order valence-electron chi connectivity index (χ2n) is 4.57.